The fourth-order valence-corrected chi connectivity index (χ4v) is 9.84. The minimum atomic E-state index is 0.922. The molecule has 6 aromatic heterocycles. The van der Waals surface area contributed by atoms with Crippen LogP contribution in [0.3, 0.4) is 0 Å². The monoisotopic (exact) mass is 606 g/mol. The summed E-state index contributed by atoms with van der Waals surface area (Å²) in [6.45, 7) is 0. The highest BCUT2D eigenvalue weighted by molar-refractivity contribution is 7.22. The van der Waals surface area contributed by atoms with Crippen LogP contribution in [0.25, 0.3) is 93.8 Å². The van der Waals surface area contributed by atoms with Gasteiger partial charge < -0.3 is 0 Å². The lowest BCUT2D eigenvalue weighted by molar-refractivity contribution is 1.34. The molecule has 2 nitrogen and oxygen atoms in total. The van der Waals surface area contributed by atoms with Crippen LogP contribution in [0.15, 0.2) is 108 Å². The van der Waals surface area contributed by atoms with E-state index >= 15 is 0 Å². The van der Waals surface area contributed by atoms with Gasteiger partial charge in [-0.15, -0.1) is 45.3 Å². The Morgan fingerprint density at radius 2 is 0.810 bits per heavy atom. The second-order valence-corrected chi connectivity index (χ2v) is 14.9. The predicted molar refractivity (Wildman–Crippen MR) is 187 cm³/mol. The van der Waals surface area contributed by atoms with Crippen molar-refractivity contribution < 1.29 is 0 Å². The topological polar surface area (TPSA) is 25.8 Å². The van der Waals surface area contributed by atoms with Gasteiger partial charge in [0.15, 0.2) is 0 Å². The van der Waals surface area contributed by atoms with Crippen LogP contribution in [-0.2, 0) is 0 Å². The summed E-state index contributed by atoms with van der Waals surface area (Å²) in [5.74, 6) is 0. The zero-order chi connectivity index (χ0) is 27.4. The summed E-state index contributed by atoms with van der Waals surface area (Å²) in [7, 11) is 0. The van der Waals surface area contributed by atoms with E-state index in [1.807, 2.05) is 35.1 Å². The average Bonchev–Trinajstić information content (AvgIpc) is 3.81. The van der Waals surface area contributed by atoms with Crippen molar-refractivity contribution in [3.05, 3.63) is 108 Å². The normalized spacial score (nSPS) is 12.3. The Balaban J connectivity index is 1.03. The Hall–Kier alpha value is -4.20. The second-order valence-electron chi connectivity index (χ2n) is 10.8. The summed E-state index contributed by atoms with van der Waals surface area (Å²) in [5, 5.41) is 14.7. The van der Waals surface area contributed by atoms with Crippen molar-refractivity contribution in [2.24, 2.45) is 0 Å². The maximum Gasteiger partial charge on any atom is 0.0893 e. The number of hydrogen-bond donors (Lipinski definition) is 0. The van der Waals surface area contributed by atoms with Crippen LogP contribution in [0, 0.1) is 0 Å². The third kappa shape index (κ3) is 3.60. The molecule has 196 valence electrons. The van der Waals surface area contributed by atoms with Crippen LogP contribution in [-0.4, -0.2) is 9.97 Å². The Kier molecular flexibility index (Phi) is 4.82. The van der Waals surface area contributed by atoms with Gasteiger partial charge in [-0.2, -0.15) is 0 Å². The number of hydrogen-bond acceptors (Lipinski definition) is 6. The van der Waals surface area contributed by atoms with E-state index in [1.165, 1.54) is 71.6 Å². The number of benzene rings is 4. The highest BCUT2D eigenvalue weighted by atomic mass is 32.1. The molecule has 0 aliphatic heterocycles. The van der Waals surface area contributed by atoms with E-state index in [9.17, 15) is 0 Å². The van der Waals surface area contributed by atoms with Crippen LogP contribution in [0.2, 0.25) is 0 Å². The molecule has 0 fully saturated rings. The third-order valence-corrected chi connectivity index (χ3v) is 12.2. The van der Waals surface area contributed by atoms with Crippen molar-refractivity contribution in [2.45, 2.75) is 0 Å². The number of fused-ring (bicyclic) bond motifs is 7. The van der Waals surface area contributed by atoms with Gasteiger partial charge in [-0.25, -0.2) is 0 Å². The smallest absolute Gasteiger partial charge is 0.0893 e. The van der Waals surface area contributed by atoms with E-state index in [-0.39, 0.29) is 0 Å². The highest BCUT2D eigenvalue weighted by Crippen LogP contribution is 2.40. The molecular weight excluding hydrogens is 589 g/mol. The van der Waals surface area contributed by atoms with Crippen molar-refractivity contribution in [3.8, 4) is 20.9 Å². The lowest BCUT2D eigenvalue weighted by Crippen LogP contribution is -1.86. The molecule has 4 aromatic carbocycles. The van der Waals surface area contributed by atoms with E-state index < -0.39 is 0 Å². The molecule has 0 atom stereocenters. The summed E-state index contributed by atoms with van der Waals surface area (Å²) in [5.41, 5.74) is 4.07. The standard InChI is InChI=1S/C36H18N2S4/c1-3-39-31-11-23-7-25-15-35(41-33(25)13-21(23)5-19(1)31)27-9-29-30(37-17-27)10-28(18-38-29)36-16-26-8-24-12-32-20(2-4-40-32)6-22(24)14-34(26)42-36/h1-18H. The third-order valence-electron chi connectivity index (χ3n) is 8.19. The first-order valence-corrected chi connectivity index (χ1v) is 17.1. The Bertz CT molecular complexity index is 2380. The minimum Gasteiger partial charge on any atom is -0.254 e. The molecule has 10 aromatic rings. The SMILES string of the molecule is c1cc2cc3cc4sc(-c5cnc6cc(-c7cc8cc9cc%10sccc%10cc9cc8s7)cnc6c5)cc4cc3cc2s1. The molecule has 0 amide bonds. The van der Waals surface area contributed by atoms with Crippen LogP contribution in [0.1, 0.15) is 0 Å². The predicted octanol–water partition coefficient (Wildman–Crippen LogP) is 12.1. The van der Waals surface area contributed by atoms with Crippen LogP contribution < -0.4 is 0 Å². The number of thiophene rings is 4. The van der Waals surface area contributed by atoms with E-state index in [1.54, 1.807) is 22.7 Å². The second kappa shape index (κ2) is 8.66. The van der Waals surface area contributed by atoms with Crippen molar-refractivity contribution in [3.63, 3.8) is 0 Å². The number of aromatic nitrogens is 2. The summed E-state index contributed by atoms with van der Waals surface area (Å²) in [4.78, 5) is 12.2. The first kappa shape index (κ1) is 23.4. The molecule has 0 saturated heterocycles. The van der Waals surface area contributed by atoms with Gasteiger partial charge in [-0.3, -0.25) is 9.97 Å². The minimum absolute atomic E-state index is 0.922. The summed E-state index contributed by atoms with van der Waals surface area (Å²) < 4.78 is 5.27. The zero-order valence-corrected chi connectivity index (χ0v) is 25.2. The van der Waals surface area contributed by atoms with Crippen molar-refractivity contribution >= 4 is 118 Å². The first-order valence-electron chi connectivity index (χ1n) is 13.7. The first-order chi connectivity index (χ1) is 20.7. The van der Waals surface area contributed by atoms with Gasteiger partial charge >= 0.3 is 0 Å². The molecule has 0 radical (unpaired) electrons. The van der Waals surface area contributed by atoms with Gasteiger partial charge in [0.1, 0.15) is 0 Å². The van der Waals surface area contributed by atoms with E-state index in [4.69, 9.17) is 9.97 Å². The fourth-order valence-electron chi connectivity index (χ4n) is 6.05. The summed E-state index contributed by atoms with van der Waals surface area (Å²) in [6.07, 6.45) is 4.00. The highest BCUT2D eigenvalue weighted by Gasteiger charge is 2.12. The van der Waals surface area contributed by atoms with E-state index in [2.05, 4.69) is 95.7 Å². The molecule has 42 heavy (non-hydrogen) atoms. The quantitative estimate of drug-likeness (QED) is 0.196. The molecule has 10 rings (SSSR count). The molecule has 0 spiro atoms. The number of pyridine rings is 2. The number of nitrogens with zero attached hydrogens (tertiary/aromatic N) is 2. The molecule has 0 saturated carbocycles. The summed E-state index contributed by atoms with van der Waals surface area (Å²) in [6, 6.07) is 31.9. The van der Waals surface area contributed by atoms with E-state index in [0.717, 1.165) is 22.2 Å². The zero-order valence-electron chi connectivity index (χ0n) is 21.9. The largest absolute Gasteiger partial charge is 0.254 e. The fraction of sp³-hybridized carbons (Fsp3) is 0. The Labute approximate surface area is 255 Å². The van der Waals surface area contributed by atoms with Gasteiger partial charge in [-0.05, 0) is 139 Å². The van der Waals surface area contributed by atoms with Crippen LogP contribution >= 0.6 is 45.3 Å². The molecule has 6 heteroatoms. The van der Waals surface area contributed by atoms with Crippen molar-refractivity contribution in [2.75, 3.05) is 0 Å². The molecular formula is C36H18N2S4. The molecule has 0 aliphatic rings. The van der Waals surface area contributed by atoms with Crippen molar-refractivity contribution in [1.82, 2.24) is 9.97 Å². The van der Waals surface area contributed by atoms with Crippen LogP contribution in [0.4, 0.5) is 0 Å². The number of rotatable bonds is 2. The van der Waals surface area contributed by atoms with Gasteiger partial charge in [0, 0.05) is 52.1 Å². The van der Waals surface area contributed by atoms with Gasteiger partial charge in [0.05, 0.1) is 11.0 Å². The maximum atomic E-state index is 4.87. The van der Waals surface area contributed by atoms with E-state index in [0.29, 0.717) is 0 Å². The molecule has 0 aliphatic carbocycles. The van der Waals surface area contributed by atoms with Gasteiger partial charge in [0.2, 0.25) is 0 Å². The van der Waals surface area contributed by atoms with Crippen molar-refractivity contribution in [1.29, 1.82) is 0 Å². The molecule has 6 heterocycles. The lowest BCUT2D eigenvalue weighted by atomic mass is 10.1. The lowest BCUT2D eigenvalue weighted by Gasteiger charge is -2.03. The average molecular weight is 607 g/mol. The molecule has 0 N–H and O–H groups in total. The molecule has 0 bridgehead atoms. The van der Waals surface area contributed by atoms with Gasteiger partial charge in [0.25, 0.3) is 0 Å². The maximum absolute atomic E-state index is 4.87. The summed E-state index contributed by atoms with van der Waals surface area (Å²) >= 11 is 7.25. The Morgan fingerprint density at radius 3 is 1.29 bits per heavy atom. The van der Waals surface area contributed by atoms with Crippen LogP contribution in [0.5, 0.6) is 0 Å². The molecule has 0 unspecified atom stereocenters. The van der Waals surface area contributed by atoms with Gasteiger partial charge in [-0.1, -0.05) is 0 Å². The Morgan fingerprint density at radius 1 is 0.381 bits per heavy atom.